The van der Waals surface area contributed by atoms with Crippen molar-refractivity contribution >= 4 is 21.9 Å². The van der Waals surface area contributed by atoms with E-state index in [9.17, 15) is 21.6 Å². The van der Waals surface area contributed by atoms with E-state index in [-0.39, 0.29) is 16.9 Å². The molecule has 0 amide bonds. The summed E-state index contributed by atoms with van der Waals surface area (Å²) < 4.78 is 63.5. The predicted molar refractivity (Wildman–Crippen MR) is 62.2 cm³/mol. The Morgan fingerprint density at radius 1 is 1.42 bits per heavy atom. The van der Waals surface area contributed by atoms with Crippen molar-refractivity contribution in [2.45, 2.75) is 11.6 Å². The zero-order valence-electron chi connectivity index (χ0n) is 9.93. The van der Waals surface area contributed by atoms with Crippen LogP contribution < -0.4 is 4.18 Å². The highest BCUT2D eigenvalue weighted by molar-refractivity contribution is 7.99. The summed E-state index contributed by atoms with van der Waals surface area (Å²) in [6.45, 7) is 0. The van der Waals surface area contributed by atoms with Gasteiger partial charge in [-0.1, -0.05) is 11.8 Å². The summed E-state index contributed by atoms with van der Waals surface area (Å²) in [6, 6.07) is -0.375. The quantitative estimate of drug-likeness (QED) is 0.587. The summed E-state index contributed by atoms with van der Waals surface area (Å²) in [5.41, 5.74) is 0. The lowest BCUT2D eigenvalue weighted by Crippen LogP contribution is -2.07. The Hall–Kier alpha value is -1.23. The van der Waals surface area contributed by atoms with E-state index in [4.69, 9.17) is 0 Å². The molecule has 0 bridgehead atoms. The standard InChI is InChI=1S/C8H10F3N3O3S2/c1-14-8(18-4-3-5(9)6(10)11)12-7(13-14)17-19(2,15)16/h3-4H2,1-2H3. The van der Waals surface area contributed by atoms with Crippen molar-refractivity contribution in [1.82, 2.24) is 14.8 Å². The van der Waals surface area contributed by atoms with Crippen molar-refractivity contribution in [2.24, 2.45) is 7.05 Å². The number of aromatic nitrogens is 3. The lowest BCUT2D eigenvalue weighted by atomic mass is 10.4. The fraction of sp³-hybridized carbons (Fsp3) is 0.500. The second kappa shape index (κ2) is 6.28. The summed E-state index contributed by atoms with van der Waals surface area (Å²) in [5, 5.41) is 3.89. The predicted octanol–water partition coefficient (Wildman–Crippen LogP) is 1.71. The van der Waals surface area contributed by atoms with E-state index >= 15 is 0 Å². The maximum atomic E-state index is 12.5. The molecule has 0 aliphatic carbocycles. The third kappa shape index (κ3) is 5.51. The van der Waals surface area contributed by atoms with Gasteiger partial charge in [-0.05, 0) is 0 Å². The van der Waals surface area contributed by atoms with Gasteiger partial charge in [0.15, 0.2) is 11.0 Å². The van der Waals surface area contributed by atoms with Crippen molar-refractivity contribution in [3.63, 3.8) is 0 Å². The van der Waals surface area contributed by atoms with Crippen LogP contribution in [-0.2, 0) is 17.2 Å². The summed E-state index contributed by atoms with van der Waals surface area (Å²) in [7, 11) is -2.28. The molecule has 108 valence electrons. The number of rotatable bonds is 6. The fourth-order valence-corrected chi connectivity index (χ4v) is 2.15. The third-order valence-electron chi connectivity index (χ3n) is 1.69. The topological polar surface area (TPSA) is 74.1 Å². The highest BCUT2D eigenvalue weighted by atomic mass is 32.2. The number of thioether (sulfide) groups is 1. The van der Waals surface area contributed by atoms with Crippen LogP contribution in [0.15, 0.2) is 17.1 Å². The molecule has 0 unspecified atom stereocenters. The van der Waals surface area contributed by atoms with Gasteiger partial charge < -0.3 is 4.18 Å². The first-order valence-electron chi connectivity index (χ1n) is 4.82. The number of hydrogen-bond donors (Lipinski definition) is 0. The first kappa shape index (κ1) is 15.8. The van der Waals surface area contributed by atoms with E-state index in [1.165, 1.54) is 11.7 Å². The van der Waals surface area contributed by atoms with Crippen LogP contribution in [0, 0.1) is 0 Å². The van der Waals surface area contributed by atoms with E-state index in [2.05, 4.69) is 14.3 Å². The van der Waals surface area contributed by atoms with Gasteiger partial charge in [0.05, 0.1) is 6.26 Å². The summed E-state index contributed by atoms with van der Waals surface area (Å²) >= 11 is 0.947. The lowest BCUT2D eigenvalue weighted by Gasteiger charge is -1.97. The zero-order chi connectivity index (χ0) is 14.6. The van der Waals surface area contributed by atoms with Gasteiger partial charge in [-0.3, -0.25) is 0 Å². The Morgan fingerprint density at radius 3 is 2.58 bits per heavy atom. The molecule has 19 heavy (non-hydrogen) atoms. The molecule has 0 saturated carbocycles. The molecular weight excluding hydrogens is 307 g/mol. The average Bonchev–Trinajstić information content (AvgIpc) is 2.56. The molecule has 11 heteroatoms. The number of aryl methyl sites for hydroxylation is 1. The van der Waals surface area contributed by atoms with E-state index in [1.54, 1.807) is 0 Å². The Bertz CT molecular complexity index is 581. The molecule has 0 aliphatic rings. The van der Waals surface area contributed by atoms with Crippen molar-refractivity contribution in [2.75, 3.05) is 12.0 Å². The monoisotopic (exact) mass is 317 g/mol. The molecule has 1 heterocycles. The first-order chi connectivity index (χ1) is 8.69. The molecule has 0 aromatic carbocycles. The molecule has 1 rings (SSSR count). The summed E-state index contributed by atoms with van der Waals surface area (Å²) in [5.74, 6) is -1.48. The van der Waals surface area contributed by atoms with Gasteiger partial charge in [-0.15, -0.1) is 5.10 Å². The first-order valence-corrected chi connectivity index (χ1v) is 7.62. The Balaban J connectivity index is 2.63. The highest BCUT2D eigenvalue weighted by Gasteiger charge is 2.14. The number of allylic oxidation sites excluding steroid dienone is 1. The minimum Gasteiger partial charge on any atom is -0.342 e. The molecule has 0 radical (unpaired) electrons. The van der Waals surface area contributed by atoms with Gasteiger partial charge in [0.25, 0.3) is 0 Å². The van der Waals surface area contributed by atoms with E-state index < -0.39 is 28.4 Å². The minimum absolute atomic E-state index is 0.00796. The van der Waals surface area contributed by atoms with Crippen LogP contribution in [0.2, 0.25) is 0 Å². The van der Waals surface area contributed by atoms with Gasteiger partial charge in [-0.2, -0.15) is 22.2 Å². The van der Waals surface area contributed by atoms with Crippen LogP contribution in [0.3, 0.4) is 0 Å². The molecule has 1 aromatic heterocycles. The third-order valence-corrected chi connectivity index (χ3v) is 3.16. The van der Waals surface area contributed by atoms with Gasteiger partial charge in [0.1, 0.15) is 0 Å². The van der Waals surface area contributed by atoms with E-state index in [0.717, 1.165) is 18.0 Å². The summed E-state index contributed by atoms with van der Waals surface area (Å²) in [6.07, 6.45) is -1.97. The van der Waals surface area contributed by atoms with Crippen LogP contribution in [-0.4, -0.2) is 35.2 Å². The van der Waals surface area contributed by atoms with Crippen molar-refractivity contribution in [1.29, 1.82) is 0 Å². The smallest absolute Gasteiger partial charge is 0.342 e. The van der Waals surface area contributed by atoms with Gasteiger partial charge in [0.2, 0.25) is 0 Å². The van der Waals surface area contributed by atoms with Crippen LogP contribution in [0.1, 0.15) is 6.42 Å². The van der Waals surface area contributed by atoms with Crippen LogP contribution >= 0.6 is 11.8 Å². The van der Waals surface area contributed by atoms with Crippen LogP contribution in [0.25, 0.3) is 0 Å². The molecule has 0 atom stereocenters. The Kier molecular flexibility index (Phi) is 5.23. The highest BCUT2D eigenvalue weighted by Crippen LogP contribution is 2.22. The zero-order valence-corrected chi connectivity index (χ0v) is 11.6. The molecule has 0 saturated heterocycles. The average molecular weight is 317 g/mol. The maximum Gasteiger partial charge on any atom is 0.352 e. The minimum atomic E-state index is -3.74. The second-order valence-corrected chi connectivity index (χ2v) is 5.99. The van der Waals surface area contributed by atoms with Crippen molar-refractivity contribution < 1.29 is 25.8 Å². The number of nitrogens with zero attached hydrogens (tertiary/aromatic N) is 3. The van der Waals surface area contributed by atoms with Crippen molar-refractivity contribution in [3.8, 4) is 6.01 Å². The number of halogens is 3. The molecule has 1 aromatic rings. The van der Waals surface area contributed by atoms with E-state index in [0.29, 0.717) is 0 Å². The fourth-order valence-electron chi connectivity index (χ4n) is 0.970. The van der Waals surface area contributed by atoms with Crippen LogP contribution in [0.4, 0.5) is 13.2 Å². The normalized spacial score (nSPS) is 11.4. The lowest BCUT2D eigenvalue weighted by molar-refractivity contribution is 0.373. The van der Waals surface area contributed by atoms with Gasteiger partial charge >= 0.3 is 22.2 Å². The van der Waals surface area contributed by atoms with Crippen LogP contribution in [0.5, 0.6) is 6.01 Å². The summed E-state index contributed by atoms with van der Waals surface area (Å²) in [4.78, 5) is 3.72. The molecule has 6 nitrogen and oxygen atoms in total. The molecule has 0 fully saturated rings. The maximum absolute atomic E-state index is 12.5. The Morgan fingerprint density at radius 2 is 2.05 bits per heavy atom. The molecular formula is C8H10F3N3O3S2. The molecule has 0 aliphatic heterocycles. The second-order valence-electron chi connectivity index (χ2n) is 3.35. The van der Waals surface area contributed by atoms with Gasteiger partial charge in [-0.25, -0.2) is 9.07 Å². The Labute approximate surface area is 111 Å². The number of hydrogen-bond acceptors (Lipinski definition) is 6. The largest absolute Gasteiger partial charge is 0.352 e. The molecule has 0 spiro atoms. The van der Waals surface area contributed by atoms with E-state index in [1.807, 2.05) is 0 Å². The molecule has 0 N–H and O–H groups in total. The SMILES string of the molecule is Cn1nc(OS(C)(=O)=O)nc1SCCC(F)=C(F)F. The van der Waals surface area contributed by atoms with Gasteiger partial charge in [0, 0.05) is 19.2 Å². The van der Waals surface area contributed by atoms with Crippen molar-refractivity contribution in [3.05, 3.63) is 11.9 Å².